The molecule has 3 heteroatoms. The average Bonchev–Trinajstić information content (AvgIpc) is 2.89. The topological polar surface area (TPSA) is 35.2 Å². The van der Waals surface area contributed by atoms with Crippen LogP contribution in [0.25, 0.3) is 0 Å². The number of aryl methyl sites for hydroxylation is 1. The van der Waals surface area contributed by atoms with Gasteiger partial charge in [0, 0.05) is 27.8 Å². The number of ether oxygens (including phenoxy) is 1. The van der Waals surface area contributed by atoms with Gasteiger partial charge >= 0.3 is 0 Å². The lowest BCUT2D eigenvalue weighted by molar-refractivity contribution is 0.165. The molecule has 0 aliphatic carbocycles. The van der Waals surface area contributed by atoms with Crippen molar-refractivity contribution >= 4 is 11.3 Å². The molecule has 2 heterocycles. The third kappa shape index (κ3) is 2.85. The largest absolute Gasteiger partial charge is 0.484 e. The fourth-order valence-corrected chi connectivity index (χ4v) is 3.84. The summed E-state index contributed by atoms with van der Waals surface area (Å²) in [6.45, 7) is 8.82. The summed E-state index contributed by atoms with van der Waals surface area (Å²) in [5.41, 5.74) is 8.92. The van der Waals surface area contributed by atoms with Gasteiger partial charge in [0.25, 0.3) is 0 Å². The maximum Gasteiger partial charge on any atom is 0.135 e. The van der Waals surface area contributed by atoms with Crippen molar-refractivity contribution in [3.05, 3.63) is 51.2 Å². The third-order valence-electron chi connectivity index (χ3n) is 3.99. The highest BCUT2D eigenvalue weighted by Gasteiger charge is 2.29. The van der Waals surface area contributed by atoms with Gasteiger partial charge in [-0.3, -0.25) is 0 Å². The number of thiophene rings is 1. The molecular formula is C18H23NOS. The third-order valence-corrected chi connectivity index (χ3v) is 5.59. The van der Waals surface area contributed by atoms with E-state index in [1.807, 2.05) is 11.3 Å². The highest BCUT2D eigenvalue weighted by molar-refractivity contribution is 7.12. The van der Waals surface area contributed by atoms with E-state index in [1.165, 1.54) is 15.3 Å². The van der Waals surface area contributed by atoms with E-state index in [0.717, 1.165) is 17.7 Å². The molecule has 0 radical (unpaired) electrons. The van der Waals surface area contributed by atoms with Crippen LogP contribution >= 0.6 is 11.3 Å². The molecule has 0 spiro atoms. The summed E-state index contributed by atoms with van der Waals surface area (Å²) < 4.78 is 6.20. The Morgan fingerprint density at radius 3 is 2.62 bits per heavy atom. The number of rotatable bonds is 1. The second-order valence-electron chi connectivity index (χ2n) is 6.94. The molecule has 0 saturated heterocycles. The summed E-state index contributed by atoms with van der Waals surface area (Å²) >= 11 is 1.85. The number of hydrogen-bond acceptors (Lipinski definition) is 3. The Morgan fingerprint density at radius 2 is 1.95 bits per heavy atom. The molecule has 0 saturated carbocycles. The normalized spacial score (nSPS) is 21.8. The van der Waals surface area contributed by atoms with Crippen molar-refractivity contribution < 1.29 is 4.74 Å². The number of hydrogen-bond donors (Lipinski definition) is 1. The van der Waals surface area contributed by atoms with Crippen LogP contribution in [0.1, 0.15) is 60.2 Å². The van der Waals surface area contributed by atoms with Crippen molar-refractivity contribution in [3.63, 3.8) is 0 Å². The summed E-state index contributed by atoms with van der Waals surface area (Å²) in [5, 5.41) is 0. The summed E-state index contributed by atoms with van der Waals surface area (Å²) in [4.78, 5) is 2.67. The zero-order chi connectivity index (χ0) is 15.2. The molecule has 112 valence electrons. The van der Waals surface area contributed by atoms with E-state index in [0.29, 0.717) is 0 Å². The summed E-state index contributed by atoms with van der Waals surface area (Å²) in [7, 11) is 0. The minimum atomic E-state index is 0.0545. The predicted molar refractivity (Wildman–Crippen MR) is 89.1 cm³/mol. The summed E-state index contributed by atoms with van der Waals surface area (Å²) in [5.74, 6) is 0.940. The van der Waals surface area contributed by atoms with E-state index in [9.17, 15) is 0 Å². The van der Waals surface area contributed by atoms with Gasteiger partial charge in [-0.25, -0.2) is 0 Å². The Bertz CT molecular complexity index is 653. The molecule has 2 nitrogen and oxygen atoms in total. The molecule has 21 heavy (non-hydrogen) atoms. The first kappa shape index (κ1) is 14.6. The lowest BCUT2D eigenvalue weighted by atomic mass is 9.94. The Labute approximate surface area is 130 Å². The molecule has 1 aromatic carbocycles. The van der Waals surface area contributed by atoms with Crippen LogP contribution in [-0.2, 0) is 5.41 Å². The second-order valence-corrected chi connectivity index (χ2v) is 8.06. The first-order valence-electron chi connectivity index (χ1n) is 7.47. The van der Waals surface area contributed by atoms with Gasteiger partial charge < -0.3 is 10.5 Å². The Balaban J connectivity index is 1.89. The van der Waals surface area contributed by atoms with Crippen molar-refractivity contribution in [1.29, 1.82) is 0 Å². The fraction of sp³-hybridized carbons (Fsp3) is 0.444. The lowest BCUT2D eigenvalue weighted by Crippen LogP contribution is -2.23. The van der Waals surface area contributed by atoms with E-state index in [1.54, 1.807) is 0 Å². The second kappa shape index (κ2) is 5.15. The highest BCUT2D eigenvalue weighted by Crippen LogP contribution is 2.43. The lowest BCUT2D eigenvalue weighted by Gasteiger charge is -2.30. The van der Waals surface area contributed by atoms with Crippen LogP contribution in [0, 0.1) is 6.92 Å². The van der Waals surface area contributed by atoms with E-state index in [4.69, 9.17) is 10.5 Å². The molecule has 2 atom stereocenters. The maximum atomic E-state index is 6.36. The van der Waals surface area contributed by atoms with Crippen molar-refractivity contribution in [2.24, 2.45) is 5.73 Å². The quantitative estimate of drug-likeness (QED) is 0.815. The van der Waals surface area contributed by atoms with Crippen LogP contribution in [-0.4, -0.2) is 0 Å². The van der Waals surface area contributed by atoms with Crippen molar-refractivity contribution in [2.45, 2.75) is 51.7 Å². The number of nitrogens with two attached hydrogens (primary N) is 1. The molecular weight excluding hydrogens is 278 g/mol. The van der Waals surface area contributed by atoms with Gasteiger partial charge in [-0.1, -0.05) is 38.5 Å². The molecule has 1 aliphatic heterocycles. The van der Waals surface area contributed by atoms with Gasteiger partial charge in [0.15, 0.2) is 0 Å². The van der Waals surface area contributed by atoms with Crippen LogP contribution in [0.15, 0.2) is 30.3 Å². The first-order valence-corrected chi connectivity index (χ1v) is 8.29. The standard InChI is InChI=1S/C18H23NOS/c1-11-5-6-14-12(9-11)13(19)10-15(20-14)16-7-8-17(21-16)18(2,3)4/h5-9,13,15H,10,19H2,1-4H3/t13-,15?/m1/s1. The molecule has 2 aromatic rings. The Morgan fingerprint density at radius 1 is 1.19 bits per heavy atom. The first-order chi connectivity index (χ1) is 9.84. The van der Waals surface area contributed by atoms with Gasteiger partial charge in [-0.15, -0.1) is 11.3 Å². The zero-order valence-corrected chi connectivity index (χ0v) is 14.0. The van der Waals surface area contributed by atoms with Crippen LogP contribution in [0.5, 0.6) is 5.75 Å². The Kier molecular flexibility index (Phi) is 3.58. The number of fused-ring (bicyclic) bond motifs is 1. The van der Waals surface area contributed by atoms with Crippen molar-refractivity contribution in [2.75, 3.05) is 0 Å². The van der Waals surface area contributed by atoms with Crippen molar-refractivity contribution in [3.8, 4) is 5.75 Å². The van der Waals surface area contributed by atoms with Gasteiger partial charge in [-0.2, -0.15) is 0 Å². The minimum Gasteiger partial charge on any atom is -0.484 e. The summed E-state index contributed by atoms with van der Waals surface area (Å²) in [6.07, 6.45) is 0.928. The van der Waals surface area contributed by atoms with Crippen LogP contribution < -0.4 is 10.5 Å². The van der Waals surface area contributed by atoms with Crippen molar-refractivity contribution in [1.82, 2.24) is 0 Å². The highest BCUT2D eigenvalue weighted by atomic mass is 32.1. The average molecular weight is 301 g/mol. The molecule has 0 amide bonds. The smallest absolute Gasteiger partial charge is 0.135 e. The molecule has 2 N–H and O–H groups in total. The maximum absolute atomic E-state index is 6.36. The van der Waals surface area contributed by atoms with E-state index >= 15 is 0 Å². The molecule has 1 aromatic heterocycles. The number of benzene rings is 1. The molecule has 0 bridgehead atoms. The molecule has 0 fully saturated rings. The van der Waals surface area contributed by atoms with E-state index < -0.39 is 0 Å². The van der Waals surface area contributed by atoms with Gasteiger partial charge in [0.05, 0.1) is 0 Å². The fourth-order valence-electron chi connectivity index (χ4n) is 2.73. The summed E-state index contributed by atoms with van der Waals surface area (Å²) in [6, 6.07) is 10.8. The molecule has 3 rings (SSSR count). The Hall–Kier alpha value is -1.32. The van der Waals surface area contributed by atoms with Crippen LogP contribution in [0.2, 0.25) is 0 Å². The van der Waals surface area contributed by atoms with Gasteiger partial charge in [0.1, 0.15) is 11.9 Å². The van der Waals surface area contributed by atoms with Gasteiger partial charge in [0.2, 0.25) is 0 Å². The SMILES string of the molecule is Cc1ccc2c(c1)[C@H](N)CC(c1ccc(C(C)(C)C)s1)O2. The zero-order valence-electron chi connectivity index (χ0n) is 13.1. The van der Waals surface area contributed by atoms with E-state index in [2.05, 4.69) is 58.0 Å². The van der Waals surface area contributed by atoms with Gasteiger partial charge in [-0.05, 0) is 30.5 Å². The minimum absolute atomic E-state index is 0.0545. The van der Waals surface area contributed by atoms with Crippen LogP contribution in [0.3, 0.4) is 0 Å². The predicted octanol–water partition coefficient (Wildman–Crippen LogP) is 4.88. The van der Waals surface area contributed by atoms with E-state index in [-0.39, 0.29) is 17.6 Å². The van der Waals surface area contributed by atoms with Crippen LogP contribution in [0.4, 0.5) is 0 Å². The molecule has 1 aliphatic rings. The monoisotopic (exact) mass is 301 g/mol. The molecule has 1 unspecified atom stereocenters.